The summed E-state index contributed by atoms with van der Waals surface area (Å²) in [7, 11) is -3.60. The molecule has 0 radical (unpaired) electrons. The molecule has 1 fully saturated rings. The van der Waals surface area contributed by atoms with E-state index in [4.69, 9.17) is 16.3 Å². The average molecular weight is 279 g/mol. The minimum Gasteiger partial charge on any atom is -0.379 e. The van der Waals surface area contributed by atoms with Gasteiger partial charge in [0.15, 0.2) is 0 Å². The molecule has 9 heteroatoms. The minimum absolute atomic E-state index is 0.00724. The van der Waals surface area contributed by atoms with Crippen molar-refractivity contribution >= 4 is 27.6 Å². The van der Waals surface area contributed by atoms with Crippen LogP contribution in [0.3, 0.4) is 0 Å². The van der Waals surface area contributed by atoms with Crippen LogP contribution in [0.2, 0.25) is 5.28 Å². The topological polar surface area (TPSA) is 84.4 Å². The average Bonchev–Trinajstić information content (AvgIpc) is 2.29. The Hall–Kier alpha value is -0.960. The molecule has 1 aromatic rings. The molecule has 0 bridgehead atoms. The first-order chi connectivity index (χ1) is 8.08. The van der Waals surface area contributed by atoms with Gasteiger partial charge in [-0.05, 0) is 17.7 Å². The van der Waals surface area contributed by atoms with Crippen LogP contribution >= 0.6 is 11.6 Å². The van der Waals surface area contributed by atoms with Gasteiger partial charge < -0.3 is 4.74 Å². The molecule has 0 atom stereocenters. The van der Waals surface area contributed by atoms with Crippen LogP contribution < -0.4 is 4.72 Å². The molecule has 1 aliphatic heterocycles. The fourth-order valence-electron chi connectivity index (χ4n) is 1.38. The van der Waals surface area contributed by atoms with Crippen molar-refractivity contribution in [3.63, 3.8) is 0 Å². The molecule has 1 aliphatic rings. The molecular weight excluding hydrogens is 268 g/mol. The van der Waals surface area contributed by atoms with Gasteiger partial charge in [0.2, 0.25) is 5.28 Å². The largest absolute Gasteiger partial charge is 0.379 e. The number of aromatic nitrogens is 2. The molecule has 0 spiro atoms. The van der Waals surface area contributed by atoms with Crippen molar-refractivity contribution in [2.75, 3.05) is 31.0 Å². The summed E-state index contributed by atoms with van der Waals surface area (Å²) in [4.78, 5) is 7.43. The van der Waals surface area contributed by atoms with Crippen molar-refractivity contribution in [3.05, 3.63) is 17.5 Å². The van der Waals surface area contributed by atoms with Crippen LogP contribution in [-0.4, -0.2) is 49.0 Å². The molecule has 0 saturated carbocycles. The van der Waals surface area contributed by atoms with Crippen LogP contribution in [0.4, 0.5) is 5.82 Å². The molecule has 2 heterocycles. The lowest BCUT2D eigenvalue weighted by Gasteiger charge is -2.25. The van der Waals surface area contributed by atoms with Gasteiger partial charge in [0.05, 0.1) is 13.2 Å². The summed E-state index contributed by atoms with van der Waals surface area (Å²) in [6.45, 7) is 1.44. The van der Waals surface area contributed by atoms with Crippen molar-refractivity contribution < 1.29 is 13.2 Å². The number of hydrogen-bond donors (Lipinski definition) is 1. The van der Waals surface area contributed by atoms with Crippen molar-refractivity contribution in [2.24, 2.45) is 0 Å². The number of ether oxygens (including phenoxy) is 1. The molecule has 0 amide bonds. The Labute approximate surface area is 104 Å². The highest BCUT2D eigenvalue weighted by atomic mass is 35.5. The molecule has 0 unspecified atom stereocenters. The van der Waals surface area contributed by atoms with Crippen molar-refractivity contribution in [3.8, 4) is 0 Å². The van der Waals surface area contributed by atoms with E-state index in [2.05, 4.69) is 14.7 Å². The smallest absolute Gasteiger partial charge is 0.302 e. The second-order valence-corrected chi connectivity index (χ2v) is 5.34. The lowest BCUT2D eigenvalue weighted by molar-refractivity contribution is 0.0733. The monoisotopic (exact) mass is 278 g/mol. The van der Waals surface area contributed by atoms with Crippen molar-refractivity contribution in [2.45, 2.75) is 0 Å². The lowest BCUT2D eigenvalue weighted by atomic mass is 10.5. The predicted octanol–water partition coefficient (Wildman–Crippen LogP) is 0.119. The van der Waals surface area contributed by atoms with Crippen LogP contribution in [0.25, 0.3) is 0 Å². The zero-order valence-corrected chi connectivity index (χ0v) is 10.4. The maximum Gasteiger partial charge on any atom is 0.302 e. The summed E-state index contributed by atoms with van der Waals surface area (Å²) in [5.41, 5.74) is 0. The van der Waals surface area contributed by atoms with Gasteiger partial charge in [-0.1, -0.05) is 0 Å². The normalized spacial score (nSPS) is 17.9. The highest BCUT2D eigenvalue weighted by molar-refractivity contribution is 7.90. The first-order valence-corrected chi connectivity index (χ1v) is 6.74. The van der Waals surface area contributed by atoms with Gasteiger partial charge in [0, 0.05) is 19.3 Å². The van der Waals surface area contributed by atoms with Crippen molar-refractivity contribution in [1.29, 1.82) is 0 Å². The van der Waals surface area contributed by atoms with Crippen LogP contribution in [0, 0.1) is 0 Å². The lowest BCUT2D eigenvalue weighted by Crippen LogP contribution is -2.43. The summed E-state index contributed by atoms with van der Waals surface area (Å²) in [5, 5.41) is -0.00724. The van der Waals surface area contributed by atoms with E-state index in [0.29, 0.717) is 26.3 Å². The van der Waals surface area contributed by atoms with Gasteiger partial charge in [0.25, 0.3) is 0 Å². The number of halogens is 1. The third kappa shape index (κ3) is 3.25. The third-order valence-corrected chi connectivity index (χ3v) is 3.86. The summed E-state index contributed by atoms with van der Waals surface area (Å²) < 4.78 is 32.6. The summed E-state index contributed by atoms with van der Waals surface area (Å²) in [6.07, 6.45) is 1.38. The molecule has 1 aromatic heterocycles. The van der Waals surface area contributed by atoms with Gasteiger partial charge in [-0.2, -0.15) is 17.7 Å². The molecule has 1 saturated heterocycles. The van der Waals surface area contributed by atoms with E-state index in [1.54, 1.807) is 0 Å². The Bertz CT molecular complexity index is 489. The number of anilines is 1. The Morgan fingerprint density at radius 3 is 2.76 bits per heavy atom. The first-order valence-electron chi connectivity index (χ1n) is 4.92. The van der Waals surface area contributed by atoms with E-state index in [0.717, 1.165) is 0 Å². The Kier molecular flexibility index (Phi) is 3.77. The number of nitrogens with one attached hydrogen (secondary N) is 1. The summed E-state index contributed by atoms with van der Waals surface area (Å²) >= 11 is 5.57. The quantitative estimate of drug-likeness (QED) is 0.794. The van der Waals surface area contributed by atoms with Crippen LogP contribution in [0.15, 0.2) is 12.3 Å². The van der Waals surface area contributed by atoms with E-state index in [-0.39, 0.29) is 11.1 Å². The van der Waals surface area contributed by atoms with E-state index in [1.807, 2.05) is 0 Å². The SMILES string of the molecule is O=S(=O)(Nc1ccnc(Cl)n1)N1CCOCC1. The van der Waals surface area contributed by atoms with E-state index >= 15 is 0 Å². The van der Waals surface area contributed by atoms with E-state index in [9.17, 15) is 8.42 Å². The molecule has 0 aromatic carbocycles. The molecule has 94 valence electrons. The highest BCUT2D eigenvalue weighted by Gasteiger charge is 2.24. The number of rotatable bonds is 3. The number of hydrogen-bond acceptors (Lipinski definition) is 5. The maximum atomic E-state index is 11.9. The van der Waals surface area contributed by atoms with Gasteiger partial charge in [-0.3, -0.25) is 4.72 Å². The Balaban J connectivity index is 2.11. The number of morpholine rings is 1. The summed E-state index contributed by atoms with van der Waals surface area (Å²) in [5.74, 6) is 0.150. The van der Waals surface area contributed by atoms with Gasteiger partial charge in [-0.25, -0.2) is 4.98 Å². The zero-order valence-electron chi connectivity index (χ0n) is 8.84. The van der Waals surface area contributed by atoms with Crippen LogP contribution in [0.5, 0.6) is 0 Å². The second-order valence-electron chi connectivity index (χ2n) is 3.33. The fraction of sp³-hybridized carbons (Fsp3) is 0.500. The molecule has 17 heavy (non-hydrogen) atoms. The maximum absolute atomic E-state index is 11.9. The minimum atomic E-state index is -3.60. The van der Waals surface area contributed by atoms with E-state index < -0.39 is 10.2 Å². The molecule has 1 N–H and O–H groups in total. The predicted molar refractivity (Wildman–Crippen MR) is 62.0 cm³/mol. The molecule has 2 rings (SSSR count). The first kappa shape index (κ1) is 12.5. The van der Waals surface area contributed by atoms with Crippen LogP contribution in [0.1, 0.15) is 0 Å². The summed E-state index contributed by atoms with van der Waals surface area (Å²) in [6, 6.07) is 1.43. The Morgan fingerprint density at radius 1 is 1.41 bits per heavy atom. The van der Waals surface area contributed by atoms with Gasteiger partial charge in [0.1, 0.15) is 5.82 Å². The van der Waals surface area contributed by atoms with Crippen molar-refractivity contribution in [1.82, 2.24) is 14.3 Å². The molecule has 7 nitrogen and oxygen atoms in total. The third-order valence-electron chi connectivity index (χ3n) is 2.17. The Morgan fingerprint density at radius 2 is 2.12 bits per heavy atom. The number of nitrogens with zero attached hydrogens (tertiary/aromatic N) is 3. The second kappa shape index (κ2) is 5.13. The zero-order chi connectivity index (χ0) is 12.3. The molecule has 0 aliphatic carbocycles. The van der Waals surface area contributed by atoms with Crippen LogP contribution in [-0.2, 0) is 14.9 Å². The van der Waals surface area contributed by atoms with Gasteiger partial charge >= 0.3 is 10.2 Å². The highest BCUT2D eigenvalue weighted by Crippen LogP contribution is 2.11. The van der Waals surface area contributed by atoms with Gasteiger partial charge in [-0.15, -0.1) is 0 Å². The molecular formula is C8H11ClN4O3S. The fourth-order valence-corrected chi connectivity index (χ4v) is 2.66. The van der Waals surface area contributed by atoms with E-state index in [1.165, 1.54) is 16.6 Å². The standard InChI is InChI=1S/C8H11ClN4O3S/c9-8-10-2-1-7(11-8)12-17(14,15)13-3-5-16-6-4-13/h1-2H,3-6H2,(H,10,11,12).